The molecule has 7 rings (SSSR count). The van der Waals surface area contributed by atoms with E-state index in [2.05, 4.69) is 11.4 Å². The number of benzene rings is 1. The van der Waals surface area contributed by atoms with E-state index < -0.39 is 11.9 Å². The van der Waals surface area contributed by atoms with Crippen molar-refractivity contribution < 1.29 is 19.1 Å². The molecule has 2 heterocycles. The molecular weight excluding hydrogens is 420 g/mol. The minimum absolute atomic E-state index is 0.433. The van der Waals surface area contributed by atoms with E-state index in [1.54, 1.807) is 18.4 Å². The van der Waals surface area contributed by atoms with Gasteiger partial charge in [-0.25, -0.2) is 9.59 Å². The van der Waals surface area contributed by atoms with Gasteiger partial charge < -0.3 is 9.47 Å². The van der Waals surface area contributed by atoms with Gasteiger partial charge in [-0.3, -0.25) is 0 Å². The number of hydrogen-bond donors (Lipinski definition) is 0. The Kier molecular flexibility index (Phi) is 4.65. The van der Waals surface area contributed by atoms with E-state index in [0.717, 1.165) is 39.2 Å². The number of cyclic esters (lactones) is 2. The molecule has 0 unspecified atom stereocenters. The Morgan fingerprint density at radius 3 is 2.25 bits per heavy atom. The standard InChI is InChI=1S/C27H26O4S/c1-14(20-12-22(32-13-20)17-3-5-21(30-2)6-4-17)23-25(27(29)31-26(23)28)24-18-8-15-7-16(10-18)11-19(24)9-15/h3-6,12-13,15-16,18-19H,7-11H2,1-2H3. The van der Waals surface area contributed by atoms with E-state index >= 15 is 0 Å². The summed E-state index contributed by atoms with van der Waals surface area (Å²) in [5.41, 5.74) is 5.24. The Bertz CT molecular complexity index is 1150. The first-order valence-electron chi connectivity index (χ1n) is 11.5. The summed E-state index contributed by atoms with van der Waals surface area (Å²) in [5.74, 6) is 2.39. The maximum absolute atomic E-state index is 12.9. The van der Waals surface area contributed by atoms with E-state index in [1.807, 2.05) is 31.2 Å². The summed E-state index contributed by atoms with van der Waals surface area (Å²) in [7, 11) is 1.66. The molecule has 164 valence electrons. The van der Waals surface area contributed by atoms with Gasteiger partial charge >= 0.3 is 11.9 Å². The average Bonchev–Trinajstić information content (AvgIpc) is 3.38. The fourth-order valence-electron chi connectivity index (χ4n) is 6.68. The van der Waals surface area contributed by atoms with Crippen LogP contribution in [0.3, 0.4) is 0 Å². The molecule has 5 heteroatoms. The Balaban J connectivity index is 1.42. The Labute approximate surface area is 191 Å². The van der Waals surface area contributed by atoms with E-state index in [1.165, 1.54) is 37.7 Å². The quantitative estimate of drug-likeness (QED) is 0.328. The maximum atomic E-state index is 12.9. The molecule has 2 aromatic rings. The molecular formula is C27H26O4S. The van der Waals surface area contributed by atoms with Gasteiger partial charge in [0.1, 0.15) is 5.75 Å². The van der Waals surface area contributed by atoms with Crippen molar-refractivity contribution in [3.8, 4) is 16.2 Å². The zero-order valence-corrected chi connectivity index (χ0v) is 19.2. The predicted molar refractivity (Wildman–Crippen MR) is 124 cm³/mol. The molecule has 0 amide bonds. The van der Waals surface area contributed by atoms with Crippen LogP contribution in [0.4, 0.5) is 0 Å². The molecule has 4 nitrogen and oxygen atoms in total. The summed E-state index contributed by atoms with van der Waals surface area (Å²) in [6.45, 7) is 1.95. The Morgan fingerprint density at radius 2 is 1.62 bits per heavy atom. The second-order valence-corrected chi connectivity index (χ2v) is 10.7. The SMILES string of the molecule is COc1ccc(-c2cc(C(C)=C3C(=O)OC(=O)C3=C3C4CC5CC(C4)CC3C5)cs2)cc1. The van der Waals surface area contributed by atoms with Crippen molar-refractivity contribution in [2.75, 3.05) is 7.11 Å². The lowest BCUT2D eigenvalue weighted by atomic mass is 9.53. The van der Waals surface area contributed by atoms with E-state index in [9.17, 15) is 9.59 Å². The van der Waals surface area contributed by atoms with Crippen LogP contribution in [-0.4, -0.2) is 19.0 Å². The number of rotatable bonds is 3. The van der Waals surface area contributed by atoms with E-state index in [0.29, 0.717) is 23.0 Å². The fraction of sp³-hybridized carbons (Fsp3) is 0.407. The number of ether oxygens (including phenoxy) is 2. The highest BCUT2D eigenvalue weighted by Gasteiger charge is 2.49. The first-order valence-corrected chi connectivity index (χ1v) is 12.3. The highest BCUT2D eigenvalue weighted by atomic mass is 32.1. The maximum Gasteiger partial charge on any atom is 0.347 e. The van der Waals surface area contributed by atoms with Gasteiger partial charge in [0.2, 0.25) is 0 Å². The van der Waals surface area contributed by atoms with Crippen LogP contribution in [0.25, 0.3) is 16.0 Å². The number of carbonyl (C=O) groups excluding carboxylic acids is 2. The average molecular weight is 447 g/mol. The van der Waals surface area contributed by atoms with Crippen LogP contribution in [0.1, 0.15) is 44.6 Å². The molecule has 4 bridgehead atoms. The molecule has 1 aliphatic heterocycles. The van der Waals surface area contributed by atoms with E-state index in [4.69, 9.17) is 9.47 Å². The second-order valence-electron chi connectivity index (χ2n) is 9.74. The van der Waals surface area contributed by atoms with Gasteiger partial charge in [0, 0.05) is 4.88 Å². The number of allylic oxidation sites excluding steroid dienone is 2. The van der Waals surface area contributed by atoms with Crippen LogP contribution in [0.5, 0.6) is 5.75 Å². The second kappa shape index (κ2) is 7.45. The lowest BCUT2D eigenvalue weighted by Crippen LogP contribution is -2.41. The van der Waals surface area contributed by atoms with Gasteiger partial charge in [0.25, 0.3) is 0 Å². The zero-order chi connectivity index (χ0) is 22.0. The van der Waals surface area contributed by atoms with Gasteiger partial charge in [0.15, 0.2) is 0 Å². The highest BCUT2D eigenvalue weighted by molar-refractivity contribution is 7.13. The minimum Gasteiger partial charge on any atom is -0.497 e. The fourth-order valence-corrected chi connectivity index (χ4v) is 7.64. The smallest absolute Gasteiger partial charge is 0.347 e. The minimum atomic E-state index is -0.485. The third kappa shape index (κ3) is 3.09. The van der Waals surface area contributed by atoms with Crippen molar-refractivity contribution in [2.45, 2.75) is 39.0 Å². The van der Waals surface area contributed by atoms with Gasteiger partial charge in [0.05, 0.1) is 18.3 Å². The molecule has 1 aromatic carbocycles. The first kappa shape index (κ1) is 20.0. The van der Waals surface area contributed by atoms with Crippen molar-refractivity contribution in [3.63, 3.8) is 0 Å². The van der Waals surface area contributed by atoms with Crippen LogP contribution in [0, 0.1) is 23.7 Å². The normalized spacial score (nSPS) is 30.2. The number of hydrogen-bond acceptors (Lipinski definition) is 5. The Hall–Kier alpha value is -2.66. The number of carbonyl (C=O) groups is 2. The third-order valence-electron chi connectivity index (χ3n) is 7.93. The summed E-state index contributed by atoms with van der Waals surface area (Å²) < 4.78 is 10.5. The molecule has 4 saturated carbocycles. The van der Waals surface area contributed by atoms with Crippen molar-refractivity contribution in [1.29, 1.82) is 0 Å². The summed E-state index contributed by atoms with van der Waals surface area (Å²) >= 11 is 1.64. The molecule has 0 spiro atoms. The first-order chi connectivity index (χ1) is 15.5. The molecule has 0 N–H and O–H groups in total. The molecule has 32 heavy (non-hydrogen) atoms. The van der Waals surface area contributed by atoms with Crippen LogP contribution in [-0.2, 0) is 14.3 Å². The highest BCUT2D eigenvalue weighted by Crippen LogP contribution is 2.58. The lowest BCUT2D eigenvalue weighted by molar-refractivity contribution is -0.149. The van der Waals surface area contributed by atoms with Crippen LogP contribution >= 0.6 is 11.3 Å². The third-order valence-corrected chi connectivity index (χ3v) is 8.91. The van der Waals surface area contributed by atoms with Gasteiger partial charge in [-0.15, -0.1) is 11.3 Å². The van der Waals surface area contributed by atoms with Gasteiger partial charge in [-0.05, 0) is 121 Å². The summed E-state index contributed by atoms with van der Waals surface area (Å²) in [4.78, 5) is 26.9. The van der Waals surface area contributed by atoms with Gasteiger partial charge in [-0.2, -0.15) is 0 Å². The lowest BCUT2D eigenvalue weighted by Gasteiger charge is -2.51. The number of esters is 2. The zero-order valence-electron chi connectivity index (χ0n) is 18.4. The predicted octanol–water partition coefficient (Wildman–Crippen LogP) is 6.03. The molecule has 1 aromatic heterocycles. The van der Waals surface area contributed by atoms with Crippen molar-refractivity contribution in [3.05, 3.63) is 58.0 Å². The van der Waals surface area contributed by atoms with E-state index in [-0.39, 0.29) is 0 Å². The summed E-state index contributed by atoms with van der Waals surface area (Å²) in [6.07, 6.45) is 6.02. The van der Waals surface area contributed by atoms with Crippen LogP contribution in [0.15, 0.2) is 52.4 Å². The molecule has 1 saturated heterocycles. The number of thiophene rings is 1. The topological polar surface area (TPSA) is 52.6 Å². The molecule has 5 aliphatic rings. The summed E-state index contributed by atoms with van der Waals surface area (Å²) in [5, 5.41) is 2.07. The molecule has 0 radical (unpaired) electrons. The van der Waals surface area contributed by atoms with Crippen molar-refractivity contribution in [2.24, 2.45) is 23.7 Å². The van der Waals surface area contributed by atoms with Crippen molar-refractivity contribution in [1.82, 2.24) is 0 Å². The summed E-state index contributed by atoms with van der Waals surface area (Å²) in [6, 6.07) is 10.1. The molecule has 0 atom stereocenters. The Morgan fingerprint density at radius 1 is 0.969 bits per heavy atom. The number of methoxy groups -OCH3 is 1. The molecule has 5 fully saturated rings. The molecule has 4 aliphatic carbocycles. The largest absolute Gasteiger partial charge is 0.497 e. The monoisotopic (exact) mass is 446 g/mol. The van der Waals surface area contributed by atoms with Crippen molar-refractivity contribution >= 4 is 28.8 Å². The van der Waals surface area contributed by atoms with Crippen LogP contribution in [0.2, 0.25) is 0 Å². The van der Waals surface area contributed by atoms with Gasteiger partial charge in [-0.1, -0.05) is 0 Å². The van der Waals surface area contributed by atoms with Crippen LogP contribution < -0.4 is 4.74 Å².